The first-order valence-electron chi connectivity index (χ1n) is 5.85. The van der Waals surface area contributed by atoms with Gasteiger partial charge in [-0.3, -0.25) is 0 Å². The average molecular weight is 242 g/mol. The fourth-order valence-corrected chi connectivity index (χ4v) is 1.93. The monoisotopic (exact) mass is 242 g/mol. The second kappa shape index (κ2) is 4.18. The maximum atomic E-state index is 5.60. The molecule has 5 heteroatoms. The first-order valence-corrected chi connectivity index (χ1v) is 5.85. The van der Waals surface area contributed by atoms with Crippen LogP contribution in [-0.4, -0.2) is 14.6 Å². The highest BCUT2D eigenvalue weighted by Gasteiger charge is 2.11. The molecule has 0 aliphatic heterocycles. The molecule has 3 aromatic heterocycles. The van der Waals surface area contributed by atoms with E-state index in [9.17, 15) is 0 Å². The second-order valence-corrected chi connectivity index (χ2v) is 4.25. The van der Waals surface area contributed by atoms with E-state index in [1.54, 1.807) is 16.9 Å². The van der Waals surface area contributed by atoms with Crippen LogP contribution in [0.5, 0.6) is 0 Å². The lowest BCUT2D eigenvalue weighted by atomic mass is 10.2. The van der Waals surface area contributed by atoms with Crippen molar-refractivity contribution in [3.63, 3.8) is 0 Å². The third kappa shape index (κ3) is 1.84. The predicted octanol–water partition coefficient (Wildman–Crippen LogP) is 2.80. The van der Waals surface area contributed by atoms with Crippen LogP contribution in [0.25, 0.3) is 5.52 Å². The summed E-state index contributed by atoms with van der Waals surface area (Å²) in [5, 5.41) is 7.51. The molecule has 18 heavy (non-hydrogen) atoms. The summed E-state index contributed by atoms with van der Waals surface area (Å²) in [5.74, 6) is 2.61. The summed E-state index contributed by atoms with van der Waals surface area (Å²) in [6, 6.07) is 5.92. The summed E-state index contributed by atoms with van der Waals surface area (Å²) in [5.41, 5.74) is 0.952. The Balaban J connectivity index is 1.90. The van der Waals surface area contributed by atoms with Crippen molar-refractivity contribution in [3.8, 4) is 0 Å². The zero-order chi connectivity index (χ0) is 12.5. The number of anilines is 1. The molecule has 3 heterocycles. The molecule has 3 aromatic rings. The lowest BCUT2D eigenvalue weighted by molar-refractivity contribution is 0.466. The number of nitrogens with zero attached hydrogens (tertiary/aromatic N) is 3. The van der Waals surface area contributed by atoms with Gasteiger partial charge in [0.1, 0.15) is 17.0 Å². The van der Waals surface area contributed by atoms with E-state index in [4.69, 9.17) is 4.42 Å². The van der Waals surface area contributed by atoms with Gasteiger partial charge in [-0.05, 0) is 32.0 Å². The molecule has 0 fully saturated rings. The van der Waals surface area contributed by atoms with Gasteiger partial charge < -0.3 is 9.73 Å². The maximum absolute atomic E-state index is 5.60. The molecule has 1 atom stereocenters. The number of furan rings is 1. The van der Waals surface area contributed by atoms with Crippen molar-refractivity contribution in [2.45, 2.75) is 19.9 Å². The number of rotatable bonds is 3. The van der Waals surface area contributed by atoms with Crippen LogP contribution in [0.4, 0.5) is 5.82 Å². The Labute approximate surface area is 104 Å². The number of hydrogen-bond acceptors (Lipinski definition) is 4. The second-order valence-electron chi connectivity index (χ2n) is 4.25. The first-order chi connectivity index (χ1) is 8.74. The van der Waals surface area contributed by atoms with Crippen LogP contribution in [0.1, 0.15) is 24.5 Å². The van der Waals surface area contributed by atoms with E-state index in [0.29, 0.717) is 0 Å². The molecule has 0 saturated carbocycles. The molecule has 92 valence electrons. The van der Waals surface area contributed by atoms with Gasteiger partial charge in [-0.25, -0.2) is 9.50 Å². The molecule has 0 saturated heterocycles. The van der Waals surface area contributed by atoms with Crippen molar-refractivity contribution in [1.82, 2.24) is 14.6 Å². The van der Waals surface area contributed by atoms with E-state index in [2.05, 4.69) is 15.4 Å². The molecule has 1 N–H and O–H groups in total. The fraction of sp³-hybridized carbons (Fsp3) is 0.231. The van der Waals surface area contributed by atoms with E-state index in [-0.39, 0.29) is 6.04 Å². The van der Waals surface area contributed by atoms with Crippen molar-refractivity contribution in [3.05, 3.63) is 48.3 Å². The molecular weight excluding hydrogens is 228 g/mol. The lowest BCUT2D eigenvalue weighted by Gasteiger charge is -2.12. The highest BCUT2D eigenvalue weighted by atomic mass is 16.3. The number of hydrogen-bond donors (Lipinski definition) is 1. The van der Waals surface area contributed by atoms with E-state index >= 15 is 0 Å². The third-order valence-electron chi connectivity index (χ3n) is 2.87. The van der Waals surface area contributed by atoms with Gasteiger partial charge in [-0.15, -0.1) is 0 Å². The maximum Gasteiger partial charge on any atom is 0.152 e. The summed E-state index contributed by atoms with van der Waals surface area (Å²) in [6.07, 6.45) is 5.30. The zero-order valence-corrected chi connectivity index (χ0v) is 10.3. The van der Waals surface area contributed by atoms with Crippen molar-refractivity contribution >= 4 is 11.3 Å². The number of aromatic nitrogens is 3. The van der Waals surface area contributed by atoms with Crippen LogP contribution in [0.2, 0.25) is 0 Å². The normalized spacial score (nSPS) is 12.8. The average Bonchev–Trinajstić information content (AvgIpc) is 2.97. The molecule has 0 aliphatic carbocycles. The molecule has 0 spiro atoms. The molecule has 1 unspecified atom stereocenters. The minimum atomic E-state index is 0.0623. The van der Waals surface area contributed by atoms with Crippen LogP contribution in [0, 0.1) is 6.92 Å². The van der Waals surface area contributed by atoms with Crippen LogP contribution >= 0.6 is 0 Å². The summed E-state index contributed by atoms with van der Waals surface area (Å²) in [6.45, 7) is 3.98. The van der Waals surface area contributed by atoms with Gasteiger partial charge in [0.25, 0.3) is 0 Å². The minimum absolute atomic E-state index is 0.0623. The van der Waals surface area contributed by atoms with E-state index < -0.39 is 0 Å². The Bertz CT molecular complexity index is 670. The zero-order valence-electron chi connectivity index (χ0n) is 10.3. The highest BCUT2D eigenvalue weighted by molar-refractivity contribution is 5.67. The molecule has 0 bridgehead atoms. The van der Waals surface area contributed by atoms with Gasteiger partial charge >= 0.3 is 0 Å². The number of fused-ring (bicyclic) bond motifs is 1. The third-order valence-corrected chi connectivity index (χ3v) is 2.87. The van der Waals surface area contributed by atoms with Crippen molar-refractivity contribution in [1.29, 1.82) is 0 Å². The molecule has 3 rings (SSSR count). The molecular formula is C13H14N4O. The fourth-order valence-electron chi connectivity index (χ4n) is 1.93. The van der Waals surface area contributed by atoms with E-state index in [0.717, 1.165) is 22.9 Å². The van der Waals surface area contributed by atoms with Crippen LogP contribution in [0.15, 0.2) is 41.2 Å². The molecule has 0 radical (unpaired) electrons. The van der Waals surface area contributed by atoms with Gasteiger partial charge in [-0.2, -0.15) is 5.10 Å². The van der Waals surface area contributed by atoms with Crippen LogP contribution < -0.4 is 5.32 Å². The van der Waals surface area contributed by atoms with E-state index in [1.807, 2.05) is 38.2 Å². The van der Waals surface area contributed by atoms with Gasteiger partial charge in [0.05, 0.1) is 12.2 Å². The smallest absolute Gasteiger partial charge is 0.152 e. The van der Waals surface area contributed by atoms with Gasteiger partial charge in [0.2, 0.25) is 0 Å². The Morgan fingerprint density at radius 1 is 1.28 bits per heavy atom. The molecule has 0 aromatic carbocycles. The highest BCUT2D eigenvalue weighted by Crippen LogP contribution is 2.22. The van der Waals surface area contributed by atoms with Crippen LogP contribution in [0.3, 0.4) is 0 Å². The summed E-state index contributed by atoms with van der Waals surface area (Å²) in [4.78, 5) is 4.34. The van der Waals surface area contributed by atoms with Crippen LogP contribution in [-0.2, 0) is 0 Å². The summed E-state index contributed by atoms with van der Waals surface area (Å²) in [7, 11) is 0. The van der Waals surface area contributed by atoms with Gasteiger partial charge in [0.15, 0.2) is 5.82 Å². The largest absolute Gasteiger partial charge is 0.464 e. The predicted molar refractivity (Wildman–Crippen MR) is 68.5 cm³/mol. The number of aryl methyl sites for hydroxylation is 1. The minimum Gasteiger partial charge on any atom is -0.464 e. The quantitative estimate of drug-likeness (QED) is 0.767. The first kappa shape index (κ1) is 10.8. The standard InChI is InChI=1S/C13H14N4O/c1-9-3-4-12(18-9)10(2)16-13-11-5-6-15-17(11)8-7-14-13/h3-8,10H,1-2H3,(H,14,16). The molecule has 0 amide bonds. The van der Waals surface area contributed by atoms with Gasteiger partial charge in [0, 0.05) is 12.4 Å². The lowest BCUT2D eigenvalue weighted by Crippen LogP contribution is -2.08. The Hall–Kier alpha value is -2.30. The van der Waals surface area contributed by atoms with Gasteiger partial charge in [-0.1, -0.05) is 0 Å². The summed E-state index contributed by atoms with van der Waals surface area (Å²) >= 11 is 0. The Kier molecular flexibility index (Phi) is 2.51. The Morgan fingerprint density at radius 3 is 2.94 bits per heavy atom. The van der Waals surface area contributed by atoms with Crippen molar-refractivity contribution in [2.75, 3.05) is 5.32 Å². The Morgan fingerprint density at radius 2 is 2.17 bits per heavy atom. The number of nitrogens with one attached hydrogen (secondary N) is 1. The topological polar surface area (TPSA) is 55.4 Å². The van der Waals surface area contributed by atoms with E-state index in [1.165, 1.54) is 0 Å². The molecule has 5 nitrogen and oxygen atoms in total. The van der Waals surface area contributed by atoms with Crippen molar-refractivity contribution in [2.24, 2.45) is 0 Å². The molecule has 0 aliphatic rings. The van der Waals surface area contributed by atoms with Crippen molar-refractivity contribution < 1.29 is 4.42 Å². The SMILES string of the molecule is Cc1ccc(C(C)Nc2nccn3nccc23)o1. The summed E-state index contributed by atoms with van der Waals surface area (Å²) < 4.78 is 7.39.